The molecular weight excluding hydrogens is 240 g/mol. The first kappa shape index (κ1) is 12.7. The monoisotopic (exact) mass is 248 g/mol. The van der Waals surface area contributed by atoms with Gasteiger partial charge in [-0.3, -0.25) is 0 Å². The predicted octanol–water partition coefficient (Wildman–Crippen LogP) is 2.07. The molecule has 1 aromatic heterocycles. The van der Waals surface area contributed by atoms with Crippen LogP contribution in [-0.2, 0) is 0 Å². The molecule has 0 aliphatic heterocycles. The van der Waals surface area contributed by atoms with Crippen LogP contribution in [0.1, 0.15) is 16.7 Å². The standard InChI is InChI=1S/C13H9ClOS/c1-2-5-12-8-9-13(16-12)7-4-3-6-11(15)10-14/h8-9,11,15H,10H2,1H3. The summed E-state index contributed by atoms with van der Waals surface area (Å²) in [4.78, 5) is 1.90. The fourth-order valence-corrected chi connectivity index (χ4v) is 1.69. The van der Waals surface area contributed by atoms with Crippen LogP contribution in [0.2, 0.25) is 0 Å². The largest absolute Gasteiger partial charge is 0.379 e. The van der Waals surface area contributed by atoms with Gasteiger partial charge in [0, 0.05) is 0 Å². The molecular formula is C13H9ClOS. The first-order chi connectivity index (χ1) is 7.76. The summed E-state index contributed by atoms with van der Waals surface area (Å²) < 4.78 is 0. The van der Waals surface area contributed by atoms with Gasteiger partial charge in [-0.25, -0.2) is 0 Å². The van der Waals surface area contributed by atoms with Gasteiger partial charge in [0.15, 0.2) is 0 Å². The Morgan fingerprint density at radius 3 is 2.62 bits per heavy atom. The predicted molar refractivity (Wildman–Crippen MR) is 68.3 cm³/mol. The molecule has 0 amide bonds. The SMILES string of the molecule is CC#Cc1ccc(C#CC#CC(O)CCl)s1. The topological polar surface area (TPSA) is 20.2 Å². The maximum absolute atomic E-state index is 9.04. The Balaban J connectivity index is 2.67. The van der Waals surface area contributed by atoms with Gasteiger partial charge in [0.2, 0.25) is 0 Å². The number of rotatable bonds is 1. The van der Waals surface area contributed by atoms with Crippen molar-refractivity contribution in [1.82, 2.24) is 0 Å². The Morgan fingerprint density at radius 1 is 1.31 bits per heavy atom. The fraction of sp³-hybridized carbons (Fsp3) is 0.231. The lowest BCUT2D eigenvalue weighted by molar-refractivity contribution is 0.256. The van der Waals surface area contributed by atoms with Crippen molar-refractivity contribution in [2.45, 2.75) is 13.0 Å². The van der Waals surface area contributed by atoms with Crippen molar-refractivity contribution in [2.24, 2.45) is 0 Å². The van der Waals surface area contributed by atoms with Crippen LogP contribution in [0.25, 0.3) is 0 Å². The molecule has 0 spiro atoms. The van der Waals surface area contributed by atoms with Gasteiger partial charge in [0.25, 0.3) is 0 Å². The lowest BCUT2D eigenvalue weighted by atomic mass is 10.4. The van der Waals surface area contributed by atoms with Gasteiger partial charge in [-0.15, -0.1) is 28.9 Å². The summed E-state index contributed by atoms with van der Waals surface area (Å²) in [5.41, 5.74) is 0. The molecule has 0 saturated heterocycles. The Labute approximate surface area is 104 Å². The van der Waals surface area contributed by atoms with Gasteiger partial charge in [-0.1, -0.05) is 11.8 Å². The van der Waals surface area contributed by atoms with Crippen molar-refractivity contribution in [2.75, 3.05) is 5.88 Å². The van der Waals surface area contributed by atoms with E-state index in [4.69, 9.17) is 16.7 Å². The normalized spacial score (nSPS) is 9.94. The van der Waals surface area contributed by atoms with E-state index in [2.05, 4.69) is 35.5 Å². The smallest absolute Gasteiger partial charge is 0.129 e. The van der Waals surface area contributed by atoms with E-state index >= 15 is 0 Å². The molecule has 80 valence electrons. The van der Waals surface area contributed by atoms with Crippen LogP contribution < -0.4 is 0 Å². The average Bonchev–Trinajstić information content (AvgIpc) is 2.72. The van der Waals surface area contributed by atoms with E-state index in [-0.39, 0.29) is 5.88 Å². The second-order valence-corrected chi connectivity index (χ2v) is 4.12. The molecule has 16 heavy (non-hydrogen) atoms. The zero-order valence-corrected chi connectivity index (χ0v) is 10.2. The molecule has 1 nitrogen and oxygen atoms in total. The molecule has 0 aromatic carbocycles. The highest BCUT2D eigenvalue weighted by Crippen LogP contribution is 2.13. The molecule has 0 saturated carbocycles. The van der Waals surface area contributed by atoms with Crippen LogP contribution >= 0.6 is 22.9 Å². The zero-order valence-electron chi connectivity index (χ0n) is 8.67. The summed E-state index contributed by atoms with van der Waals surface area (Å²) in [5, 5.41) is 9.04. The molecule has 3 heteroatoms. The minimum atomic E-state index is -0.805. The van der Waals surface area contributed by atoms with E-state index in [1.165, 1.54) is 11.3 Å². The molecule has 0 aliphatic rings. The van der Waals surface area contributed by atoms with Crippen molar-refractivity contribution >= 4 is 22.9 Å². The number of aliphatic hydroxyl groups excluding tert-OH is 1. The molecule has 0 bridgehead atoms. The summed E-state index contributed by atoms with van der Waals surface area (Å²) in [5.74, 6) is 16.5. The lowest BCUT2D eigenvalue weighted by Gasteiger charge is -1.89. The van der Waals surface area contributed by atoms with Gasteiger partial charge in [-0.05, 0) is 36.8 Å². The molecule has 1 N–H and O–H groups in total. The molecule has 1 unspecified atom stereocenters. The highest BCUT2D eigenvalue weighted by atomic mass is 35.5. The summed E-state index contributed by atoms with van der Waals surface area (Å²) in [6, 6.07) is 3.82. The van der Waals surface area contributed by atoms with Gasteiger partial charge in [0.1, 0.15) is 6.10 Å². The number of hydrogen-bond donors (Lipinski definition) is 1. The minimum Gasteiger partial charge on any atom is -0.379 e. The van der Waals surface area contributed by atoms with E-state index in [0.29, 0.717) is 0 Å². The highest BCUT2D eigenvalue weighted by Gasteiger charge is 1.93. The van der Waals surface area contributed by atoms with Crippen molar-refractivity contribution in [1.29, 1.82) is 0 Å². The van der Waals surface area contributed by atoms with Crippen LogP contribution in [0, 0.1) is 35.5 Å². The van der Waals surface area contributed by atoms with Crippen molar-refractivity contribution in [3.8, 4) is 35.5 Å². The minimum absolute atomic E-state index is 0.101. The third kappa shape index (κ3) is 4.43. The third-order valence-electron chi connectivity index (χ3n) is 1.49. The Kier molecular flexibility index (Phi) is 5.55. The first-order valence-corrected chi connectivity index (χ1v) is 5.89. The van der Waals surface area contributed by atoms with E-state index < -0.39 is 6.10 Å². The second-order valence-electron chi connectivity index (χ2n) is 2.73. The number of thiophene rings is 1. The van der Waals surface area contributed by atoms with E-state index in [1.54, 1.807) is 6.92 Å². The number of hydrogen-bond acceptors (Lipinski definition) is 2. The van der Waals surface area contributed by atoms with Gasteiger partial charge in [0.05, 0.1) is 15.6 Å². The van der Waals surface area contributed by atoms with Crippen molar-refractivity contribution < 1.29 is 5.11 Å². The van der Waals surface area contributed by atoms with E-state index in [1.807, 2.05) is 12.1 Å². The fourth-order valence-electron chi connectivity index (χ4n) is 0.846. The Morgan fingerprint density at radius 2 is 2.00 bits per heavy atom. The van der Waals surface area contributed by atoms with Crippen molar-refractivity contribution in [3.63, 3.8) is 0 Å². The van der Waals surface area contributed by atoms with Crippen LogP contribution in [0.4, 0.5) is 0 Å². The Hall–Kier alpha value is -1.37. The van der Waals surface area contributed by atoms with Crippen LogP contribution in [0.15, 0.2) is 12.1 Å². The lowest BCUT2D eigenvalue weighted by Crippen LogP contribution is -2.02. The van der Waals surface area contributed by atoms with Crippen LogP contribution in [0.3, 0.4) is 0 Å². The first-order valence-electron chi connectivity index (χ1n) is 4.54. The van der Waals surface area contributed by atoms with Gasteiger partial charge >= 0.3 is 0 Å². The highest BCUT2D eigenvalue weighted by molar-refractivity contribution is 7.13. The third-order valence-corrected chi connectivity index (χ3v) is 2.70. The molecule has 1 rings (SSSR count). The number of halogens is 1. The van der Waals surface area contributed by atoms with Crippen LogP contribution in [0.5, 0.6) is 0 Å². The second kappa shape index (κ2) is 7.00. The quantitative estimate of drug-likeness (QED) is 0.596. The summed E-state index contributed by atoms with van der Waals surface area (Å²) in [6.07, 6.45) is -0.805. The maximum Gasteiger partial charge on any atom is 0.129 e. The summed E-state index contributed by atoms with van der Waals surface area (Å²) in [6.45, 7) is 1.80. The Bertz CT molecular complexity index is 525. The van der Waals surface area contributed by atoms with Crippen molar-refractivity contribution in [3.05, 3.63) is 21.9 Å². The molecule has 0 aliphatic carbocycles. The van der Waals surface area contributed by atoms with E-state index in [9.17, 15) is 0 Å². The summed E-state index contributed by atoms with van der Waals surface area (Å²) in [7, 11) is 0. The van der Waals surface area contributed by atoms with Gasteiger partial charge in [-0.2, -0.15) is 0 Å². The number of aliphatic hydroxyl groups is 1. The van der Waals surface area contributed by atoms with E-state index in [0.717, 1.165) is 9.75 Å². The molecule has 1 atom stereocenters. The molecule has 0 fully saturated rings. The molecule has 1 heterocycles. The summed E-state index contributed by atoms with van der Waals surface area (Å²) >= 11 is 6.89. The zero-order chi connectivity index (χ0) is 11.8. The van der Waals surface area contributed by atoms with Crippen LogP contribution in [-0.4, -0.2) is 17.1 Å². The molecule has 1 aromatic rings. The maximum atomic E-state index is 9.04. The number of alkyl halides is 1. The van der Waals surface area contributed by atoms with Gasteiger partial charge < -0.3 is 5.11 Å². The molecule has 0 radical (unpaired) electrons. The average molecular weight is 249 g/mol.